The summed E-state index contributed by atoms with van der Waals surface area (Å²) >= 11 is -3.02. The third-order valence-corrected chi connectivity index (χ3v) is 21.0. The van der Waals surface area contributed by atoms with E-state index in [2.05, 4.69) is 224 Å². The quantitative estimate of drug-likeness (QED) is 0.143. The Kier molecular flexibility index (Phi) is 13.2. The molecule has 0 saturated heterocycles. The fourth-order valence-corrected chi connectivity index (χ4v) is 19.0. The van der Waals surface area contributed by atoms with Crippen LogP contribution < -0.4 is 28.1 Å². The van der Waals surface area contributed by atoms with Gasteiger partial charge in [-0.2, -0.15) is 0 Å². The molecule has 64 heavy (non-hydrogen) atoms. The van der Waals surface area contributed by atoms with Crippen LogP contribution in [0.25, 0.3) is 54.9 Å². The van der Waals surface area contributed by atoms with Gasteiger partial charge in [0.15, 0.2) is 0 Å². The van der Waals surface area contributed by atoms with E-state index in [9.17, 15) is 0 Å². The monoisotopic (exact) mass is 948 g/mol. The summed E-state index contributed by atoms with van der Waals surface area (Å²) in [5.41, 5.74) is 17.1. The van der Waals surface area contributed by atoms with E-state index in [0.717, 1.165) is 25.7 Å². The SMILES string of the molecule is CC(C)(C)c1cc2c(cc1-c1cccc3ccccc13)Cc1c-2cc(C(C)(C)C)c(-c2cccc3ccccc23)[c]1[Zr+2]([C]1=CC=CC1)=[C](Cc1ccccc1)Cc1ccccc1.[Cl-].[Cl-]. The molecule has 0 saturated carbocycles. The normalized spacial score (nSPS) is 12.8. The topological polar surface area (TPSA) is 0 Å². The van der Waals surface area contributed by atoms with Crippen LogP contribution >= 0.6 is 0 Å². The van der Waals surface area contributed by atoms with Crippen LogP contribution in [0, 0.1) is 0 Å². The van der Waals surface area contributed by atoms with Crippen LogP contribution in [0.4, 0.5) is 0 Å². The van der Waals surface area contributed by atoms with Crippen LogP contribution in [0.5, 0.6) is 0 Å². The zero-order chi connectivity index (χ0) is 42.6. The van der Waals surface area contributed by atoms with E-state index in [-0.39, 0.29) is 35.6 Å². The fourth-order valence-electron chi connectivity index (χ4n) is 10.4. The number of allylic oxidation sites excluding steroid dienone is 4. The summed E-state index contributed by atoms with van der Waals surface area (Å²) in [5, 5.41) is 5.26. The molecule has 0 fully saturated rings. The molecule has 0 bridgehead atoms. The maximum absolute atomic E-state index is 3.02. The first-order valence-electron chi connectivity index (χ1n) is 22.5. The van der Waals surface area contributed by atoms with Gasteiger partial charge in [0.25, 0.3) is 0 Å². The first-order chi connectivity index (χ1) is 30.0. The summed E-state index contributed by atoms with van der Waals surface area (Å²) in [6.45, 7) is 14.5. The summed E-state index contributed by atoms with van der Waals surface area (Å²) in [5.74, 6) is 0. The zero-order valence-electron chi connectivity index (χ0n) is 37.9. The zero-order valence-corrected chi connectivity index (χ0v) is 41.9. The Balaban J connectivity index is 0.00000280. The fraction of sp³-hybridized carbons (Fsp3) is 0.197. The van der Waals surface area contributed by atoms with Crippen molar-refractivity contribution in [2.24, 2.45) is 0 Å². The third kappa shape index (κ3) is 8.65. The minimum Gasteiger partial charge on any atom is -1.00 e. The van der Waals surface area contributed by atoms with Crippen molar-refractivity contribution >= 4 is 28.0 Å². The average Bonchev–Trinajstić information content (AvgIpc) is 3.94. The van der Waals surface area contributed by atoms with Gasteiger partial charge in [-0.3, -0.25) is 0 Å². The summed E-state index contributed by atoms with van der Waals surface area (Å²) < 4.78 is 5.13. The molecule has 3 heteroatoms. The van der Waals surface area contributed by atoms with Crippen molar-refractivity contribution in [1.82, 2.24) is 0 Å². The van der Waals surface area contributed by atoms with Gasteiger partial charge in [0.1, 0.15) is 0 Å². The average molecular weight is 951 g/mol. The van der Waals surface area contributed by atoms with Crippen molar-refractivity contribution in [1.29, 1.82) is 0 Å². The molecule has 0 aromatic heterocycles. The van der Waals surface area contributed by atoms with E-state index in [0.29, 0.717) is 0 Å². The molecule has 0 heterocycles. The van der Waals surface area contributed by atoms with Crippen LogP contribution in [0.2, 0.25) is 0 Å². The molecule has 318 valence electrons. The van der Waals surface area contributed by atoms with Gasteiger partial charge in [-0.15, -0.1) is 0 Å². The molecule has 8 aromatic carbocycles. The van der Waals surface area contributed by atoms with E-state index >= 15 is 0 Å². The van der Waals surface area contributed by atoms with Gasteiger partial charge in [0.05, 0.1) is 0 Å². The molecule has 0 amide bonds. The van der Waals surface area contributed by atoms with Crippen molar-refractivity contribution in [2.45, 2.75) is 78.1 Å². The summed E-state index contributed by atoms with van der Waals surface area (Å²) in [6.07, 6.45) is 11.3. The Hall–Kier alpha value is -4.91. The second-order valence-corrected chi connectivity index (χ2v) is 26.0. The summed E-state index contributed by atoms with van der Waals surface area (Å²) in [7, 11) is 0. The number of fused-ring (bicyclic) bond motifs is 5. The number of benzene rings is 8. The number of hydrogen-bond donors (Lipinski definition) is 0. The van der Waals surface area contributed by atoms with Crippen molar-refractivity contribution in [3.8, 4) is 33.4 Å². The second-order valence-electron chi connectivity index (χ2n) is 19.6. The maximum Gasteiger partial charge on any atom is -1.00 e. The van der Waals surface area contributed by atoms with Crippen molar-refractivity contribution < 1.29 is 46.1 Å². The van der Waals surface area contributed by atoms with E-state index < -0.39 is 21.3 Å². The largest absolute Gasteiger partial charge is 1.00 e. The van der Waals surface area contributed by atoms with Crippen LogP contribution in [-0.4, -0.2) is 3.21 Å². The smallest absolute Gasteiger partial charge is 1.00 e. The molecule has 0 unspecified atom stereocenters. The number of hydrogen-bond acceptors (Lipinski definition) is 0. The maximum atomic E-state index is 2.65. The molecule has 0 spiro atoms. The van der Waals surface area contributed by atoms with Crippen LogP contribution in [0.3, 0.4) is 0 Å². The van der Waals surface area contributed by atoms with Crippen molar-refractivity contribution in [2.75, 3.05) is 0 Å². The van der Waals surface area contributed by atoms with E-state index in [1.54, 1.807) is 15.3 Å². The Morgan fingerprint density at radius 2 is 1.02 bits per heavy atom. The van der Waals surface area contributed by atoms with E-state index in [1.807, 2.05) is 0 Å². The predicted octanol–water partition coefficient (Wildman–Crippen LogP) is 9.25. The molecule has 2 aliphatic carbocycles. The van der Waals surface area contributed by atoms with E-state index in [1.165, 1.54) is 82.7 Å². The molecular weight excluding hydrogens is 895 g/mol. The molecule has 0 nitrogen and oxygen atoms in total. The van der Waals surface area contributed by atoms with Gasteiger partial charge in [-0.25, -0.2) is 0 Å². The minimum absolute atomic E-state index is 0. The molecule has 0 atom stereocenters. The summed E-state index contributed by atoms with van der Waals surface area (Å²) in [6, 6.07) is 62.4. The van der Waals surface area contributed by atoms with Crippen LogP contribution in [0.1, 0.15) is 81.3 Å². The molecular formula is C61H56Cl2Zr. The number of rotatable bonds is 8. The van der Waals surface area contributed by atoms with Gasteiger partial charge < -0.3 is 24.8 Å². The molecule has 0 aliphatic heterocycles. The Morgan fingerprint density at radius 3 is 1.58 bits per heavy atom. The van der Waals surface area contributed by atoms with Crippen LogP contribution in [0.15, 0.2) is 185 Å². The molecule has 8 aromatic rings. The third-order valence-electron chi connectivity index (χ3n) is 13.3. The van der Waals surface area contributed by atoms with Gasteiger partial charge in [-0.1, -0.05) is 0 Å². The second kappa shape index (κ2) is 18.5. The van der Waals surface area contributed by atoms with Gasteiger partial charge in [0.2, 0.25) is 0 Å². The summed E-state index contributed by atoms with van der Waals surface area (Å²) in [4.78, 5) is 0. The van der Waals surface area contributed by atoms with Crippen LogP contribution in [-0.2, 0) is 51.4 Å². The van der Waals surface area contributed by atoms with Crippen molar-refractivity contribution in [3.05, 3.63) is 219 Å². The first kappa shape index (κ1) is 45.7. The van der Waals surface area contributed by atoms with Gasteiger partial charge in [0, 0.05) is 0 Å². The first-order valence-corrected chi connectivity index (χ1v) is 26.2. The van der Waals surface area contributed by atoms with E-state index in [4.69, 9.17) is 0 Å². The molecule has 10 rings (SSSR count). The molecule has 2 aliphatic rings. The standard InChI is InChI=1S/C41H37.C15H14.C5H5.2ClH.Zr/c1-40(2,3)38-24-34-28(22-36(38)32-19-11-15-26-13-7-9-17-30(26)32)21-29-23-37(39(25-35(29)34)41(4,5)6)33-20-12-16-27-14-8-10-18-31(27)33;1-3-8-14(9-4-1)12-7-13-15-10-5-2-6-11-15;1-2-4-5-3-1;;;/h7-20,22,24-25H,21H2,1-6H3;1-6,8-11H,12-13H2;1-3H,4H2;2*1H;/q;;;;;+2/p-2. The predicted molar refractivity (Wildman–Crippen MR) is 265 cm³/mol. The Morgan fingerprint density at radius 1 is 0.500 bits per heavy atom. The minimum atomic E-state index is -3.02. The Labute approximate surface area is 401 Å². The van der Waals surface area contributed by atoms with Gasteiger partial charge >= 0.3 is 379 Å². The molecule has 0 radical (unpaired) electrons. The molecule has 0 N–H and O–H groups in total. The van der Waals surface area contributed by atoms with Crippen molar-refractivity contribution in [3.63, 3.8) is 0 Å². The Bertz CT molecular complexity index is 3060. The van der Waals surface area contributed by atoms with Gasteiger partial charge in [-0.05, 0) is 0 Å². The number of halogens is 2.